The molecule has 0 heterocycles. The Morgan fingerprint density at radius 3 is 1.41 bits per heavy atom. The fraction of sp³-hybridized carbons (Fsp3) is 0.944. The SMILES string of the molecule is C[Si](C)(C)OC[C@@H](O)[C@@H](O[Si](C)(C)C)[C@H](O[Si](C)(C)C)[C@@H](O[Si](C)(C)C)C(=O)Br. The number of aliphatic hydroxyl groups excluding tert-OH is 1. The van der Waals surface area contributed by atoms with Crippen molar-refractivity contribution in [2.45, 2.75) is 103 Å². The van der Waals surface area contributed by atoms with E-state index < -0.39 is 57.7 Å². The lowest BCUT2D eigenvalue weighted by molar-refractivity contribution is -0.131. The zero-order valence-corrected chi connectivity index (χ0v) is 26.0. The summed E-state index contributed by atoms with van der Waals surface area (Å²) in [7, 11) is -8.07. The van der Waals surface area contributed by atoms with Crippen LogP contribution in [0.25, 0.3) is 0 Å². The second-order valence-electron chi connectivity index (χ2n) is 11.3. The van der Waals surface area contributed by atoms with Gasteiger partial charge >= 0.3 is 0 Å². The highest BCUT2D eigenvalue weighted by Gasteiger charge is 2.45. The van der Waals surface area contributed by atoms with Crippen LogP contribution in [-0.2, 0) is 22.5 Å². The fourth-order valence-corrected chi connectivity index (χ4v) is 6.92. The van der Waals surface area contributed by atoms with Gasteiger partial charge in [0.15, 0.2) is 33.3 Å². The molecule has 0 aromatic heterocycles. The number of rotatable bonds is 13. The standard InChI is InChI=1S/C18H43BrO6Si4/c1-26(2,3)22-13-14(20)15(23-27(4,5)6)16(24-28(7,8)9)17(18(19)21)25-29(10,11)12/h14-17,20H,13H2,1-12H3/t14-,15-,16+,17-/m1/s1. The molecule has 0 fully saturated rings. The Balaban J connectivity index is 6.13. The predicted octanol–water partition coefficient (Wildman–Crippen LogP) is 4.78. The third-order valence-electron chi connectivity index (χ3n) is 3.37. The van der Waals surface area contributed by atoms with Crippen LogP contribution in [0, 0.1) is 0 Å². The van der Waals surface area contributed by atoms with Gasteiger partial charge in [0.05, 0.1) is 6.61 Å². The molecule has 11 heteroatoms. The lowest BCUT2D eigenvalue weighted by Gasteiger charge is -2.42. The summed E-state index contributed by atoms with van der Waals surface area (Å²) in [4.78, 5) is 12.6. The molecule has 0 spiro atoms. The summed E-state index contributed by atoms with van der Waals surface area (Å²) in [6, 6.07) is 0. The van der Waals surface area contributed by atoms with Crippen LogP contribution in [0.15, 0.2) is 0 Å². The second-order valence-corrected chi connectivity index (χ2v) is 30.0. The summed E-state index contributed by atoms with van der Waals surface area (Å²) < 4.78 is 24.8. The van der Waals surface area contributed by atoms with Crippen LogP contribution in [0.2, 0.25) is 78.6 Å². The van der Waals surface area contributed by atoms with Crippen LogP contribution in [0.3, 0.4) is 0 Å². The molecule has 6 nitrogen and oxygen atoms in total. The molecule has 0 radical (unpaired) electrons. The molecule has 0 aliphatic rings. The summed E-state index contributed by atoms with van der Waals surface area (Å²) in [5, 5.41) is 11.1. The lowest BCUT2D eigenvalue weighted by Crippen LogP contribution is -2.59. The topological polar surface area (TPSA) is 74.2 Å². The number of hydrogen-bond donors (Lipinski definition) is 1. The Morgan fingerprint density at radius 2 is 1.10 bits per heavy atom. The predicted molar refractivity (Wildman–Crippen MR) is 134 cm³/mol. The molecule has 0 aliphatic carbocycles. The van der Waals surface area contributed by atoms with Crippen LogP contribution in [0.5, 0.6) is 0 Å². The largest absolute Gasteiger partial charge is 0.415 e. The quantitative estimate of drug-likeness (QED) is 0.264. The van der Waals surface area contributed by atoms with E-state index in [1.807, 2.05) is 19.6 Å². The van der Waals surface area contributed by atoms with E-state index in [0.717, 1.165) is 0 Å². The highest BCUT2D eigenvalue weighted by Crippen LogP contribution is 2.27. The van der Waals surface area contributed by atoms with E-state index in [2.05, 4.69) is 74.9 Å². The molecule has 29 heavy (non-hydrogen) atoms. The molecule has 0 saturated heterocycles. The van der Waals surface area contributed by atoms with Crippen molar-refractivity contribution in [2.24, 2.45) is 0 Å². The second kappa shape index (κ2) is 11.1. The normalized spacial score (nSPS) is 18.3. The molecule has 0 bridgehead atoms. The Labute approximate surface area is 190 Å². The van der Waals surface area contributed by atoms with Gasteiger partial charge in [-0.3, -0.25) is 4.79 Å². The van der Waals surface area contributed by atoms with E-state index in [4.69, 9.17) is 17.7 Å². The highest BCUT2D eigenvalue weighted by molar-refractivity contribution is 9.18. The monoisotopic (exact) mass is 546 g/mol. The van der Waals surface area contributed by atoms with E-state index in [-0.39, 0.29) is 11.3 Å². The van der Waals surface area contributed by atoms with Gasteiger partial charge in [0.1, 0.15) is 24.4 Å². The molecule has 1 N–H and O–H groups in total. The van der Waals surface area contributed by atoms with Crippen LogP contribution >= 0.6 is 15.9 Å². The van der Waals surface area contributed by atoms with Crippen molar-refractivity contribution in [1.82, 2.24) is 0 Å². The number of carbonyl (C=O) groups is 1. The maximum atomic E-state index is 12.6. The Morgan fingerprint density at radius 1 is 0.724 bits per heavy atom. The van der Waals surface area contributed by atoms with E-state index in [1.54, 1.807) is 0 Å². The van der Waals surface area contributed by atoms with Gasteiger partial charge in [-0.2, -0.15) is 0 Å². The van der Waals surface area contributed by atoms with Crippen molar-refractivity contribution in [3.05, 3.63) is 0 Å². The van der Waals surface area contributed by atoms with Crippen LogP contribution < -0.4 is 0 Å². The van der Waals surface area contributed by atoms with Gasteiger partial charge < -0.3 is 22.8 Å². The van der Waals surface area contributed by atoms with Crippen LogP contribution in [0.1, 0.15) is 0 Å². The first-order chi connectivity index (χ1) is 12.6. The summed E-state index contributed by atoms with van der Waals surface area (Å²) >= 11 is 3.11. The molecule has 0 rings (SSSR count). The minimum atomic E-state index is -2.09. The van der Waals surface area contributed by atoms with Gasteiger partial charge in [-0.05, 0) is 94.5 Å². The molecule has 4 atom stereocenters. The smallest absolute Gasteiger partial charge is 0.227 e. The zero-order valence-electron chi connectivity index (χ0n) is 20.4. The van der Waals surface area contributed by atoms with Crippen molar-refractivity contribution in [1.29, 1.82) is 0 Å². The molecule has 174 valence electrons. The molecule has 0 unspecified atom stereocenters. The van der Waals surface area contributed by atoms with Gasteiger partial charge in [0.2, 0.25) is 4.69 Å². The molecular weight excluding hydrogens is 504 g/mol. The Hall–Kier alpha value is 0.818. The van der Waals surface area contributed by atoms with E-state index in [1.165, 1.54) is 0 Å². The zero-order chi connectivity index (χ0) is 23.4. The lowest BCUT2D eigenvalue weighted by atomic mass is 10.0. The number of carbonyl (C=O) groups excluding carboxylic acids is 1. The molecule has 0 saturated carbocycles. The van der Waals surface area contributed by atoms with Gasteiger partial charge in [-0.1, -0.05) is 0 Å². The summed E-state index contributed by atoms with van der Waals surface area (Å²) in [5.74, 6) is 0. The number of halogens is 1. The van der Waals surface area contributed by atoms with Gasteiger partial charge in [-0.25, -0.2) is 0 Å². The molecule has 0 aromatic rings. The van der Waals surface area contributed by atoms with Crippen molar-refractivity contribution < 1.29 is 27.6 Å². The van der Waals surface area contributed by atoms with E-state index >= 15 is 0 Å². The average Bonchev–Trinajstić information content (AvgIpc) is 2.42. The third kappa shape index (κ3) is 14.5. The first kappa shape index (κ1) is 29.8. The summed E-state index contributed by atoms with van der Waals surface area (Å²) in [6.07, 6.45) is -3.20. The summed E-state index contributed by atoms with van der Waals surface area (Å²) in [5.41, 5.74) is 0. The van der Waals surface area contributed by atoms with Crippen molar-refractivity contribution in [3.63, 3.8) is 0 Å². The molecule has 0 aliphatic heterocycles. The number of hydrogen-bond acceptors (Lipinski definition) is 6. The minimum absolute atomic E-state index is 0.145. The molecule has 0 amide bonds. The van der Waals surface area contributed by atoms with Crippen LogP contribution in [0.4, 0.5) is 0 Å². The van der Waals surface area contributed by atoms with Crippen molar-refractivity contribution in [2.75, 3.05) is 6.61 Å². The van der Waals surface area contributed by atoms with Gasteiger partial charge in [0.25, 0.3) is 0 Å². The molecular formula is C18H43BrO6Si4. The van der Waals surface area contributed by atoms with E-state index in [0.29, 0.717) is 0 Å². The number of aliphatic hydroxyl groups is 1. The highest BCUT2D eigenvalue weighted by atomic mass is 79.9. The maximum Gasteiger partial charge on any atom is 0.227 e. The first-order valence-electron chi connectivity index (χ1n) is 10.2. The minimum Gasteiger partial charge on any atom is -0.415 e. The fourth-order valence-electron chi connectivity index (χ4n) is 2.54. The van der Waals surface area contributed by atoms with E-state index in [9.17, 15) is 9.90 Å². The van der Waals surface area contributed by atoms with Crippen LogP contribution in [-0.4, -0.2) is 74.1 Å². The maximum absolute atomic E-state index is 12.6. The summed E-state index contributed by atoms with van der Waals surface area (Å²) in [6.45, 7) is 24.8. The van der Waals surface area contributed by atoms with Gasteiger partial charge in [-0.15, -0.1) is 0 Å². The average molecular weight is 548 g/mol. The third-order valence-corrected chi connectivity index (χ3v) is 7.78. The Kier molecular flexibility index (Phi) is 11.4. The van der Waals surface area contributed by atoms with Gasteiger partial charge in [0, 0.05) is 0 Å². The first-order valence-corrected chi connectivity index (χ1v) is 24.6. The van der Waals surface area contributed by atoms with Crippen molar-refractivity contribution >= 4 is 53.9 Å². The van der Waals surface area contributed by atoms with Crippen molar-refractivity contribution in [3.8, 4) is 0 Å². The molecule has 0 aromatic carbocycles. The Bertz CT molecular complexity index is 522.